The molecule has 3 aromatic heterocycles. The van der Waals surface area contributed by atoms with Crippen molar-refractivity contribution in [2.24, 2.45) is 0 Å². The topological polar surface area (TPSA) is 92.7 Å². The van der Waals surface area contributed by atoms with Gasteiger partial charge in [-0.05, 0) is 29.8 Å². The minimum Gasteiger partial charge on any atom is -0.350 e. The highest BCUT2D eigenvalue weighted by Gasteiger charge is 2.07. The molecule has 0 atom stereocenters. The number of pyridine rings is 2. The molecule has 0 bridgehead atoms. The smallest absolute Gasteiger partial charge is 0.254 e. The summed E-state index contributed by atoms with van der Waals surface area (Å²) in [6, 6.07) is 9.37. The van der Waals surface area contributed by atoms with Crippen molar-refractivity contribution in [2.75, 3.05) is 5.32 Å². The normalized spacial score (nSPS) is 10.2. The summed E-state index contributed by atoms with van der Waals surface area (Å²) in [7, 11) is 0. The molecule has 7 heteroatoms. The average molecular weight is 320 g/mol. The number of amides is 1. The predicted octanol–water partition coefficient (Wildman–Crippen LogP) is 1.81. The summed E-state index contributed by atoms with van der Waals surface area (Å²) in [5.41, 5.74) is 2.27. The van der Waals surface area contributed by atoms with E-state index in [2.05, 4.69) is 30.6 Å². The first-order chi connectivity index (χ1) is 11.8. The molecule has 0 aliphatic heterocycles. The van der Waals surface area contributed by atoms with E-state index in [-0.39, 0.29) is 5.91 Å². The number of nitrogens with zero attached hydrogens (tertiary/aromatic N) is 4. The fourth-order valence-corrected chi connectivity index (χ4v) is 1.99. The zero-order valence-corrected chi connectivity index (χ0v) is 12.9. The zero-order chi connectivity index (χ0) is 16.6. The lowest BCUT2D eigenvalue weighted by Gasteiger charge is -2.06. The fourth-order valence-electron chi connectivity index (χ4n) is 1.99. The number of carbonyl (C=O) groups is 1. The molecule has 0 aliphatic rings. The Kier molecular flexibility index (Phi) is 5.03. The van der Waals surface area contributed by atoms with Gasteiger partial charge in [0.15, 0.2) is 0 Å². The second-order valence-electron chi connectivity index (χ2n) is 5.01. The van der Waals surface area contributed by atoms with Crippen molar-refractivity contribution in [3.05, 3.63) is 78.1 Å². The lowest BCUT2D eigenvalue weighted by molar-refractivity contribution is 0.0949. The van der Waals surface area contributed by atoms with Gasteiger partial charge in [0.05, 0.1) is 17.8 Å². The van der Waals surface area contributed by atoms with E-state index in [4.69, 9.17) is 0 Å². The maximum absolute atomic E-state index is 12.1. The van der Waals surface area contributed by atoms with Crippen LogP contribution in [0.4, 0.5) is 5.95 Å². The third-order valence-electron chi connectivity index (χ3n) is 3.27. The number of anilines is 1. The third kappa shape index (κ3) is 4.33. The van der Waals surface area contributed by atoms with Crippen LogP contribution in [0, 0.1) is 0 Å². The van der Waals surface area contributed by atoms with Gasteiger partial charge in [-0.1, -0.05) is 6.07 Å². The molecule has 3 aromatic rings. The molecule has 0 radical (unpaired) electrons. The van der Waals surface area contributed by atoms with Gasteiger partial charge in [-0.25, -0.2) is 9.97 Å². The average Bonchev–Trinajstić information content (AvgIpc) is 2.66. The highest BCUT2D eigenvalue weighted by atomic mass is 16.1. The van der Waals surface area contributed by atoms with Gasteiger partial charge in [0.2, 0.25) is 5.95 Å². The Bertz CT molecular complexity index is 777. The third-order valence-corrected chi connectivity index (χ3v) is 3.27. The van der Waals surface area contributed by atoms with Crippen molar-refractivity contribution in [3.8, 4) is 0 Å². The van der Waals surface area contributed by atoms with Crippen LogP contribution in [0.25, 0.3) is 0 Å². The van der Waals surface area contributed by atoms with Crippen molar-refractivity contribution >= 4 is 11.9 Å². The van der Waals surface area contributed by atoms with Gasteiger partial charge in [0, 0.05) is 37.5 Å². The Balaban J connectivity index is 1.53. The summed E-state index contributed by atoms with van der Waals surface area (Å²) in [5.74, 6) is 0.231. The molecular weight excluding hydrogens is 304 g/mol. The van der Waals surface area contributed by atoms with Crippen LogP contribution in [0.1, 0.15) is 21.6 Å². The van der Waals surface area contributed by atoms with E-state index in [1.807, 2.05) is 30.3 Å². The number of hydrogen-bond donors (Lipinski definition) is 2. The highest BCUT2D eigenvalue weighted by Crippen LogP contribution is 2.04. The second kappa shape index (κ2) is 7.77. The summed E-state index contributed by atoms with van der Waals surface area (Å²) in [5, 5.41) is 5.88. The van der Waals surface area contributed by atoms with Crippen LogP contribution in [-0.4, -0.2) is 25.8 Å². The molecule has 0 aromatic carbocycles. The molecule has 3 rings (SSSR count). The van der Waals surface area contributed by atoms with Gasteiger partial charge >= 0.3 is 0 Å². The lowest BCUT2D eigenvalue weighted by Crippen LogP contribution is -2.23. The van der Waals surface area contributed by atoms with Crippen molar-refractivity contribution in [3.63, 3.8) is 0 Å². The molecule has 0 unspecified atom stereocenters. The predicted molar refractivity (Wildman–Crippen MR) is 89.0 cm³/mol. The van der Waals surface area contributed by atoms with E-state index in [1.165, 1.54) is 12.4 Å². The van der Waals surface area contributed by atoms with E-state index in [0.29, 0.717) is 24.6 Å². The molecule has 0 aliphatic carbocycles. The van der Waals surface area contributed by atoms with E-state index in [9.17, 15) is 4.79 Å². The molecule has 0 spiro atoms. The van der Waals surface area contributed by atoms with Crippen LogP contribution in [0.2, 0.25) is 0 Å². The van der Waals surface area contributed by atoms with Crippen molar-refractivity contribution in [1.82, 2.24) is 25.3 Å². The quantitative estimate of drug-likeness (QED) is 0.719. The molecule has 0 fully saturated rings. The number of aromatic nitrogens is 4. The maximum Gasteiger partial charge on any atom is 0.254 e. The molecular formula is C17H16N6O. The Morgan fingerprint density at radius 2 is 1.71 bits per heavy atom. The van der Waals surface area contributed by atoms with Gasteiger partial charge < -0.3 is 10.6 Å². The summed E-state index contributed by atoms with van der Waals surface area (Å²) >= 11 is 0. The first kappa shape index (κ1) is 15.5. The van der Waals surface area contributed by atoms with E-state index in [1.54, 1.807) is 18.6 Å². The van der Waals surface area contributed by atoms with Crippen LogP contribution in [0.15, 0.2) is 61.3 Å². The molecule has 120 valence electrons. The maximum atomic E-state index is 12.1. The van der Waals surface area contributed by atoms with Crippen LogP contribution < -0.4 is 10.6 Å². The summed E-state index contributed by atoms with van der Waals surface area (Å²) in [6.45, 7) is 0.954. The largest absolute Gasteiger partial charge is 0.350 e. The first-order valence-electron chi connectivity index (χ1n) is 7.44. The molecule has 0 saturated heterocycles. The monoisotopic (exact) mass is 320 g/mol. The molecule has 2 N–H and O–H groups in total. The highest BCUT2D eigenvalue weighted by molar-refractivity contribution is 5.93. The van der Waals surface area contributed by atoms with Crippen molar-refractivity contribution in [2.45, 2.75) is 13.1 Å². The standard InChI is InChI=1S/C17H16N6O/c24-16(20-12-15-3-1-2-6-19-15)14-10-22-17(23-11-14)21-9-13-4-7-18-8-5-13/h1-8,10-11H,9,12H2,(H,20,24)(H,21,22,23). The molecule has 3 heterocycles. The molecule has 24 heavy (non-hydrogen) atoms. The van der Waals surface area contributed by atoms with E-state index >= 15 is 0 Å². The van der Waals surface area contributed by atoms with Gasteiger partial charge in [0.1, 0.15) is 0 Å². The molecule has 7 nitrogen and oxygen atoms in total. The van der Waals surface area contributed by atoms with E-state index < -0.39 is 0 Å². The number of hydrogen-bond acceptors (Lipinski definition) is 6. The minimum absolute atomic E-state index is 0.235. The zero-order valence-electron chi connectivity index (χ0n) is 12.9. The van der Waals surface area contributed by atoms with Crippen LogP contribution in [0.3, 0.4) is 0 Å². The minimum atomic E-state index is -0.235. The van der Waals surface area contributed by atoms with E-state index in [0.717, 1.165) is 11.3 Å². The Labute approximate surface area is 139 Å². The van der Waals surface area contributed by atoms with Crippen LogP contribution >= 0.6 is 0 Å². The SMILES string of the molecule is O=C(NCc1ccccn1)c1cnc(NCc2ccncc2)nc1. The first-order valence-corrected chi connectivity index (χ1v) is 7.44. The summed E-state index contributed by atoms with van der Waals surface area (Å²) in [4.78, 5) is 28.5. The van der Waals surface area contributed by atoms with Crippen LogP contribution in [0.5, 0.6) is 0 Å². The summed E-state index contributed by atoms with van der Waals surface area (Å²) in [6.07, 6.45) is 8.14. The van der Waals surface area contributed by atoms with Crippen LogP contribution in [-0.2, 0) is 13.1 Å². The fraction of sp³-hybridized carbons (Fsp3) is 0.118. The number of carbonyl (C=O) groups excluding carboxylic acids is 1. The van der Waals surface area contributed by atoms with Gasteiger partial charge in [-0.15, -0.1) is 0 Å². The van der Waals surface area contributed by atoms with Gasteiger partial charge in [-0.2, -0.15) is 0 Å². The van der Waals surface area contributed by atoms with Gasteiger partial charge in [0.25, 0.3) is 5.91 Å². The Hall–Kier alpha value is -3.35. The Morgan fingerprint density at radius 3 is 2.42 bits per heavy atom. The number of nitrogens with one attached hydrogen (secondary N) is 2. The second-order valence-corrected chi connectivity index (χ2v) is 5.01. The molecule has 1 amide bonds. The Morgan fingerprint density at radius 1 is 0.917 bits per heavy atom. The molecule has 0 saturated carbocycles. The lowest BCUT2D eigenvalue weighted by atomic mass is 10.3. The van der Waals surface area contributed by atoms with Crippen molar-refractivity contribution in [1.29, 1.82) is 0 Å². The summed E-state index contributed by atoms with van der Waals surface area (Å²) < 4.78 is 0. The number of rotatable bonds is 6. The van der Waals surface area contributed by atoms with Crippen molar-refractivity contribution < 1.29 is 4.79 Å². The van der Waals surface area contributed by atoms with Gasteiger partial charge in [-0.3, -0.25) is 14.8 Å².